The van der Waals surface area contributed by atoms with Gasteiger partial charge < -0.3 is 15.4 Å². The van der Waals surface area contributed by atoms with E-state index in [0.29, 0.717) is 13.0 Å². The summed E-state index contributed by atoms with van der Waals surface area (Å²) >= 11 is 0. The lowest BCUT2D eigenvalue weighted by Gasteiger charge is -2.21. The zero-order chi connectivity index (χ0) is 18.8. The molecule has 0 aliphatic heterocycles. The van der Waals surface area contributed by atoms with E-state index >= 15 is 0 Å². The summed E-state index contributed by atoms with van der Waals surface area (Å²) in [7, 11) is -0.916. The lowest BCUT2D eigenvalue weighted by atomic mass is 10.0. The molecular weight excluding hydrogens is 340 g/mol. The lowest BCUT2D eigenvalue weighted by molar-refractivity contribution is -0.124. The van der Waals surface area contributed by atoms with Crippen LogP contribution in [0.2, 0.25) is 0 Å². The second-order valence-corrected chi connectivity index (χ2v) is 8.12. The van der Waals surface area contributed by atoms with Crippen LogP contribution in [0, 0.1) is 5.92 Å². The van der Waals surface area contributed by atoms with Gasteiger partial charge in [-0.25, -0.2) is 4.79 Å². The van der Waals surface area contributed by atoms with E-state index in [9.17, 15) is 13.8 Å². The molecule has 0 aliphatic rings. The summed E-state index contributed by atoms with van der Waals surface area (Å²) in [6, 6.07) is 8.66. The Morgan fingerprint density at radius 2 is 1.80 bits per heavy atom. The summed E-state index contributed by atoms with van der Waals surface area (Å²) in [5.41, 5.74) is 0.879. The monoisotopic (exact) mass is 368 g/mol. The van der Waals surface area contributed by atoms with Crippen molar-refractivity contribution >= 4 is 22.8 Å². The predicted octanol–water partition coefficient (Wildman–Crippen LogP) is 2.21. The standard InChI is InChI=1S/C18H28N2O4S/c1-13(2)16(17(21)19-11-10-14(3)25(4)23)20-18(22)24-12-15-8-6-5-7-9-15/h5-9,13-14,16H,10-12H2,1-4H3,(H,19,21)(H,20,22)/t14-,16-,25+/m0/s1. The van der Waals surface area contributed by atoms with Gasteiger partial charge in [0.2, 0.25) is 5.91 Å². The van der Waals surface area contributed by atoms with Crippen LogP contribution in [0.5, 0.6) is 0 Å². The Morgan fingerprint density at radius 3 is 2.36 bits per heavy atom. The smallest absolute Gasteiger partial charge is 0.408 e. The largest absolute Gasteiger partial charge is 0.445 e. The van der Waals surface area contributed by atoms with E-state index in [1.165, 1.54) is 0 Å². The van der Waals surface area contributed by atoms with Gasteiger partial charge in [0.1, 0.15) is 12.6 Å². The van der Waals surface area contributed by atoms with E-state index in [-0.39, 0.29) is 23.7 Å². The Morgan fingerprint density at radius 1 is 1.16 bits per heavy atom. The molecule has 25 heavy (non-hydrogen) atoms. The first-order valence-corrected chi connectivity index (χ1v) is 10.0. The SMILES string of the molecule is CC(C)[C@H](NC(=O)OCc1ccccc1)C(=O)NCC[C@H](C)[S@@](C)=O. The maximum absolute atomic E-state index is 12.3. The summed E-state index contributed by atoms with van der Waals surface area (Å²) in [5, 5.41) is 5.41. The third kappa shape index (κ3) is 8.16. The molecule has 0 unspecified atom stereocenters. The number of nitrogens with one attached hydrogen (secondary N) is 2. The van der Waals surface area contributed by atoms with Gasteiger partial charge in [-0.15, -0.1) is 0 Å². The van der Waals surface area contributed by atoms with Crippen LogP contribution in [0.25, 0.3) is 0 Å². The maximum Gasteiger partial charge on any atom is 0.408 e. The summed E-state index contributed by atoms with van der Waals surface area (Å²) in [5.74, 6) is -0.345. The molecule has 2 amide bonds. The highest BCUT2D eigenvalue weighted by Gasteiger charge is 2.24. The molecule has 7 heteroatoms. The molecule has 2 N–H and O–H groups in total. The molecular formula is C18H28N2O4S. The average Bonchev–Trinajstić information content (AvgIpc) is 2.58. The van der Waals surface area contributed by atoms with Crippen molar-refractivity contribution in [2.75, 3.05) is 12.8 Å². The molecule has 0 aliphatic carbocycles. The second-order valence-electron chi connectivity index (χ2n) is 6.32. The summed E-state index contributed by atoms with van der Waals surface area (Å²) in [4.78, 5) is 24.2. The van der Waals surface area contributed by atoms with Crippen LogP contribution in [0.4, 0.5) is 4.79 Å². The minimum absolute atomic E-state index is 0.0154. The Kier molecular flexibility index (Phi) is 9.20. The highest BCUT2D eigenvalue weighted by atomic mass is 32.2. The van der Waals surface area contributed by atoms with Crippen molar-refractivity contribution in [2.24, 2.45) is 5.92 Å². The number of carbonyl (C=O) groups is 2. The molecule has 1 rings (SSSR count). The van der Waals surface area contributed by atoms with Crippen LogP contribution < -0.4 is 10.6 Å². The van der Waals surface area contributed by atoms with Gasteiger partial charge in [0, 0.05) is 28.9 Å². The van der Waals surface area contributed by atoms with Crippen LogP contribution in [-0.2, 0) is 26.9 Å². The zero-order valence-electron chi connectivity index (χ0n) is 15.3. The van der Waals surface area contributed by atoms with Crippen LogP contribution >= 0.6 is 0 Å². The van der Waals surface area contributed by atoms with Gasteiger partial charge in [-0.1, -0.05) is 51.1 Å². The normalized spacial score (nSPS) is 14.4. The van der Waals surface area contributed by atoms with Crippen molar-refractivity contribution in [3.63, 3.8) is 0 Å². The fourth-order valence-electron chi connectivity index (χ4n) is 2.10. The fraction of sp³-hybridized carbons (Fsp3) is 0.556. The van der Waals surface area contributed by atoms with Crippen molar-refractivity contribution in [1.82, 2.24) is 10.6 Å². The van der Waals surface area contributed by atoms with Crippen molar-refractivity contribution in [3.8, 4) is 0 Å². The van der Waals surface area contributed by atoms with Gasteiger partial charge in [-0.05, 0) is 17.9 Å². The molecule has 0 saturated heterocycles. The summed E-state index contributed by atoms with van der Waals surface area (Å²) in [6.07, 6.45) is 1.65. The zero-order valence-corrected chi connectivity index (χ0v) is 16.1. The van der Waals surface area contributed by atoms with Crippen LogP contribution in [-0.4, -0.2) is 40.3 Å². The van der Waals surface area contributed by atoms with E-state index in [4.69, 9.17) is 4.74 Å². The van der Waals surface area contributed by atoms with Gasteiger partial charge in [-0.3, -0.25) is 9.00 Å². The quantitative estimate of drug-likeness (QED) is 0.700. The molecule has 0 aromatic heterocycles. The maximum atomic E-state index is 12.3. The first-order valence-electron chi connectivity index (χ1n) is 8.38. The van der Waals surface area contributed by atoms with Crippen LogP contribution in [0.1, 0.15) is 32.8 Å². The second kappa shape index (κ2) is 10.9. The van der Waals surface area contributed by atoms with Crippen molar-refractivity contribution in [2.45, 2.75) is 45.1 Å². The van der Waals surface area contributed by atoms with E-state index in [1.807, 2.05) is 51.1 Å². The van der Waals surface area contributed by atoms with Crippen molar-refractivity contribution in [1.29, 1.82) is 0 Å². The lowest BCUT2D eigenvalue weighted by Crippen LogP contribution is -2.50. The van der Waals surface area contributed by atoms with Crippen molar-refractivity contribution in [3.05, 3.63) is 35.9 Å². The molecule has 0 saturated carbocycles. The third-order valence-corrected chi connectivity index (χ3v) is 5.22. The van der Waals surface area contributed by atoms with E-state index in [0.717, 1.165) is 5.56 Å². The molecule has 140 valence electrons. The molecule has 6 nitrogen and oxygen atoms in total. The topological polar surface area (TPSA) is 84.5 Å². The summed E-state index contributed by atoms with van der Waals surface area (Å²) < 4.78 is 16.5. The molecule has 0 bridgehead atoms. The number of alkyl carbamates (subject to hydrolysis) is 1. The van der Waals surface area contributed by atoms with Crippen molar-refractivity contribution < 1.29 is 18.5 Å². The Hall–Kier alpha value is -1.89. The highest BCUT2D eigenvalue weighted by Crippen LogP contribution is 2.05. The van der Waals surface area contributed by atoms with Crippen LogP contribution in [0.3, 0.4) is 0 Å². The minimum Gasteiger partial charge on any atom is -0.445 e. The Bertz CT molecular complexity index is 578. The number of carbonyl (C=O) groups excluding carboxylic acids is 2. The highest BCUT2D eigenvalue weighted by molar-refractivity contribution is 7.84. The number of benzene rings is 1. The minimum atomic E-state index is -0.916. The predicted molar refractivity (Wildman–Crippen MR) is 99.5 cm³/mol. The van der Waals surface area contributed by atoms with Gasteiger partial charge in [0.15, 0.2) is 0 Å². The van der Waals surface area contributed by atoms with E-state index in [1.54, 1.807) is 6.26 Å². The summed E-state index contributed by atoms with van der Waals surface area (Å²) in [6.45, 7) is 6.15. The number of ether oxygens (including phenoxy) is 1. The molecule has 3 atom stereocenters. The Balaban J connectivity index is 2.45. The molecule has 0 heterocycles. The van der Waals surface area contributed by atoms with Gasteiger partial charge in [0.05, 0.1) is 0 Å². The average molecular weight is 368 g/mol. The van der Waals surface area contributed by atoms with Gasteiger partial charge in [0.25, 0.3) is 0 Å². The van der Waals surface area contributed by atoms with Gasteiger partial charge >= 0.3 is 6.09 Å². The number of amides is 2. The first kappa shape index (κ1) is 21.2. The third-order valence-electron chi connectivity index (χ3n) is 3.85. The van der Waals surface area contributed by atoms with Gasteiger partial charge in [-0.2, -0.15) is 0 Å². The number of hydrogen-bond donors (Lipinski definition) is 2. The number of rotatable bonds is 9. The molecule has 1 aromatic carbocycles. The first-order chi connectivity index (χ1) is 11.8. The van der Waals surface area contributed by atoms with E-state index < -0.39 is 22.9 Å². The molecule has 0 fully saturated rings. The molecule has 0 radical (unpaired) electrons. The van der Waals surface area contributed by atoms with E-state index in [2.05, 4.69) is 10.6 Å². The molecule has 1 aromatic rings. The Labute approximate surface area is 152 Å². The van der Waals surface area contributed by atoms with Crippen LogP contribution in [0.15, 0.2) is 30.3 Å². The molecule has 0 spiro atoms. The number of hydrogen-bond acceptors (Lipinski definition) is 4. The fourth-order valence-corrected chi connectivity index (χ4v) is 2.55.